The molecule has 1 aliphatic rings. The van der Waals surface area contributed by atoms with Gasteiger partial charge in [-0.25, -0.2) is 0 Å². The van der Waals surface area contributed by atoms with Crippen LogP contribution in [0, 0.1) is 5.41 Å². The number of aliphatic hydroxyl groups is 1. The Morgan fingerprint density at radius 1 is 1.35 bits per heavy atom. The zero-order valence-corrected chi connectivity index (χ0v) is 11.2. The molecule has 100 valence electrons. The van der Waals surface area contributed by atoms with Crippen molar-refractivity contribution in [2.75, 3.05) is 32.8 Å². The van der Waals surface area contributed by atoms with Gasteiger partial charge in [-0.2, -0.15) is 0 Å². The van der Waals surface area contributed by atoms with Crippen LogP contribution in [0.1, 0.15) is 39.5 Å². The zero-order valence-electron chi connectivity index (χ0n) is 11.2. The molecule has 0 aromatic rings. The SMILES string of the molecule is CCC(C)(CO)CNCC(=O)N1CCCCC1. The van der Waals surface area contributed by atoms with Gasteiger partial charge in [-0.05, 0) is 25.7 Å². The maximum absolute atomic E-state index is 11.9. The van der Waals surface area contributed by atoms with Crippen LogP contribution in [0.5, 0.6) is 0 Å². The van der Waals surface area contributed by atoms with Gasteiger partial charge in [0.1, 0.15) is 0 Å². The fraction of sp³-hybridized carbons (Fsp3) is 0.923. The van der Waals surface area contributed by atoms with Gasteiger partial charge in [0.25, 0.3) is 0 Å². The van der Waals surface area contributed by atoms with Gasteiger partial charge in [0, 0.05) is 31.7 Å². The van der Waals surface area contributed by atoms with Gasteiger partial charge in [0.05, 0.1) is 6.54 Å². The first kappa shape index (κ1) is 14.5. The van der Waals surface area contributed by atoms with E-state index in [0.29, 0.717) is 13.1 Å². The third-order valence-electron chi connectivity index (χ3n) is 3.77. The minimum absolute atomic E-state index is 0.109. The Hall–Kier alpha value is -0.610. The topological polar surface area (TPSA) is 52.6 Å². The molecule has 4 nitrogen and oxygen atoms in total. The first-order valence-corrected chi connectivity index (χ1v) is 6.70. The lowest BCUT2D eigenvalue weighted by Crippen LogP contribution is -2.44. The van der Waals surface area contributed by atoms with Crippen molar-refractivity contribution in [2.24, 2.45) is 5.41 Å². The number of likely N-dealkylation sites (tertiary alicyclic amines) is 1. The largest absolute Gasteiger partial charge is 0.396 e. The third-order valence-corrected chi connectivity index (χ3v) is 3.77. The average molecular weight is 242 g/mol. The molecule has 1 aliphatic heterocycles. The summed E-state index contributed by atoms with van der Waals surface area (Å²) in [5.74, 6) is 0.195. The highest BCUT2D eigenvalue weighted by Crippen LogP contribution is 2.18. The van der Waals surface area contributed by atoms with Crippen LogP contribution < -0.4 is 5.32 Å². The molecule has 0 bridgehead atoms. The number of nitrogens with zero attached hydrogens (tertiary/aromatic N) is 1. The molecule has 1 saturated heterocycles. The van der Waals surface area contributed by atoms with E-state index in [4.69, 9.17) is 0 Å². The number of hydrogen-bond donors (Lipinski definition) is 2. The number of aliphatic hydroxyl groups excluding tert-OH is 1. The predicted molar refractivity (Wildman–Crippen MR) is 68.8 cm³/mol. The number of amides is 1. The molecular weight excluding hydrogens is 216 g/mol. The van der Waals surface area contributed by atoms with Crippen LogP contribution >= 0.6 is 0 Å². The molecule has 1 unspecified atom stereocenters. The lowest BCUT2D eigenvalue weighted by atomic mass is 9.89. The molecule has 2 N–H and O–H groups in total. The van der Waals surface area contributed by atoms with Crippen molar-refractivity contribution in [3.05, 3.63) is 0 Å². The second-order valence-corrected chi connectivity index (χ2v) is 5.37. The van der Waals surface area contributed by atoms with Crippen molar-refractivity contribution >= 4 is 5.91 Å². The van der Waals surface area contributed by atoms with Crippen molar-refractivity contribution in [3.63, 3.8) is 0 Å². The van der Waals surface area contributed by atoms with Gasteiger partial charge in [0.2, 0.25) is 5.91 Å². The van der Waals surface area contributed by atoms with Crippen LogP contribution in [-0.4, -0.2) is 48.7 Å². The highest BCUT2D eigenvalue weighted by atomic mass is 16.3. The normalized spacial score (nSPS) is 20.1. The minimum Gasteiger partial charge on any atom is -0.396 e. The van der Waals surface area contributed by atoms with Crippen molar-refractivity contribution < 1.29 is 9.90 Å². The predicted octanol–water partition coefficient (Wildman–Crippen LogP) is 0.997. The van der Waals surface area contributed by atoms with E-state index < -0.39 is 0 Å². The maximum atomic E-state index is 11.9. The fourth-order valence-electron chi connectivity index (χ4n) is 2.02. The molecule has 0 aromatic carbocycles. The summed E-state index contributed by atoms with van der Waals surface area (Å²) in [6.07, 6.45) is 4.42. The van der Waals surface area contributed by atoms with E-state index in [2.05, 4.69) is 12.2 Å². The van der Waals surface area contributed by atoms with Crippen LogP contribution in [0.2, 0.25) is 0 Å². The van der Waals surface area contributed by atoms with Crippen LogP contribution in [0.25, 0.3) is 0 Å². The molecule has 1 amide bonds. The van der Waals surface area contributed by atoms with Gasteiger partial charge >= 0.3 is 0 Å². The zero-order chi connectivity index (χ0) is 12.7. The van der Waals surface area contributed by atoms with E-state index in [1.165, 1.54) is 6.42 Å². The maximum Gasteiger partial charge on any atom is 0.236 e. The average Bonchev–Trinajstić information content (AvgIpc) is 2.39. The number of rotatable bonds is 6. The molecule has 1 heterocycles. The monoisotopic (exact) mass is 242 g/mol. The van der Waals surface area contributed by atoms with Gasteiger partial charge in [-0.15, -0.1) is 0 Å². The van der Waals surface area contributed by atoms with Crippen molar-refractivity contribution in [1.82, 2.24) is 10.2 Å². The number of carbonyl (C=O) groups is 1. The number of piperidine rings is 1. The second kappa shape index (κ2) is 6.97. The Morgan fingerprint density at radius 3 is 2.53 bits per heavy atom. The Kier molecular flexibility index (Phi) is 5.92. The first-order chi connectivity index (χ1) is 8.11. The summed E-state index contributed by atoms with van der Waals surface area (Å²) in [6, 6.07) is 0. The summed E-state index contributed by atoms with van der Waals surface area (Å²) < 4.78 is 0. The Morgan fingerprint density at radius 2 is 2.00 bits per heavy atom. The van der Waals surface area contributed by atoms with Crippen molar-refractivity contribution in [1.29, 1.82) is 0 Å². The van der Waals surface area contributed by atoms with Crippen LogP contribution in [0.15, 0.2) is 0 Å². The van der Waals surface area contributed by atoms with E-state index in [9.17, 15) is 9.90 Å². The van der Waals surface area contributed by atoms with Gasteiger partial charge in [-0.3, -0.25) is 4.79 Å². The summed E-state index contributed by atoms with van der Waals surface area (Å²) >= 11 is 0. The van der Waals surface area contributed by atoms with Crippen LogP contribution in [-0.2, 0) is 4.79 Å². The molecule has 1 rings (SSSR count). The van der Waals surface area contributed by atoms with Crippen molar-refractivity contribution in [2.45, 2.75) is 39.5 Å². The number of carbonyl (C=O) groups excluding carboxylic acids is 1. The molecule has 1 atom stereocenters. The summed E-state index contributed by atoms with van der Waals surface area (Å²) in [5, 5.41) is 12.4. The molecule has 1 fully saturated rings. The molecule has 4 heteroatoms. The second-order valence-electron chi connectivity index (χ2n) is 5.37. The fourth-order valence-corrected chi connectivity index (χ4v) is 2.02. The highest BCUT2D eigenvalue weighted by Gasteiger charge is 2.22. The first-order valence-electron chi connectivity index (χ1n) is 6.70. The number of nitrogens with one attached hydrogen (secondary N) is 1. The molecule has 0 aliphatic carbocycles. The Bertz CT molecular complexity index is 234. The Labute approximate surface area is 104 Å². The Balaban J connectivity index is 2.23. The van der Waals surface area contributed by atoms with Crippen LogP contribution in [0.4, 0.5) is 0 Å². The molecule has 17 heavy (non-hydrogen) atoms. The van der Waals surface area contributed by atoms with Gasteiger partial charge < -0.3 is 15.3 Å². The third kappa shape index (κ3) is 4.64. The van der Waals surface area contributed by atoms with E-state index in [1.807, 2.05) is 11.8 Å². The lowest BCUT2D eigenvalue weighted by molar-refractivity contribution is -0.131. The summed E-state index contributed by atoms with van der Waals surface area (Å²) in [7, 11) is 0. The lowest BCUT2D eigenvalue weighted by Gasteiger charge is -2.29. The smallest absolute Gasteiger partial charge is 0.236 e. The summed E-state index contributed by atoms with van der Waals surface area (Å²) in [4.78, 5) is 13.8. The van der Waals surface area contributed by atoms with E-state index in [1.54, 1.807) is 0 Å². The molecule has 0 saturated carbocycles. The minimum atomic E-state index is -0.109. The molecule has 0 aromatic heterocycles. The highest BCUT2D eigenvalue weighted by molar-refractivity contribution is 5.78. The van der Waals surface area contributed by atoms with Gasteiger partial charge in [0.15, 0.2) is 0 Å². The van der Waals surface area contributed by atoms with Crippen molar-refractivity contribution in [3.8, 4) is 0 Å². The molecular formula is C13H26N2O2. The summed E-state index contributed by atoms with van der Waals surface area (Å²) in [5.41, 5.74) is -0.109. The molecule has 0 radical (unpaired) electrons. The van der Waals surface area contributed by atoms with E-state index in [0.717, 1.165) is 32.4 Å². The van der Waals surface area contributed by atoms with Crippen LogP contribution in [0.3, 0.4) is 0 Å². The number of hydrogen-bond acceptors (Lipinski definition) is 3. The van der Waals surface area contributed by atoms with E-state index in [-0.39, 0.29) is 17.9 Å². The quantitative estimate of drug-likeness (QED) is 0.730. The van der Waals surface area contributed by atoms with Gasteiger partial charge in [-0.1, -0.05) is 13.8 Å². The standard InChI is InChI=1S/C13H26N2O2/c1-3-13(2,11-16)10-14-9-12(17)15-7-5-4-6-8-15/h14,16H,3-11H2,1-2H3. The van der Waals surface area contributed by atoms with E-state index >= 15 is 0 Å². The molecule has 0 spiro atoms. The summed E-state index contributed by atoms with van der Waals surface area (Å²) in [6.45, 7) is 7.16.